The second-order valence-electron chi connectivity index (χ2n) is 5.86. The van der Waals surface area contributed by atoms with Gasteiger partial charge in [-0.05, 0) is 12.3 Å². The molecular formula is C13H21N3O4S2. The molecule has 0 radical (unpaired) electrons. The van der Waals surface area contributed by atoms with Crippen molar-refractivity contribution < 1.29 is 17.7 Å². The minimum absolute atomic E-state index is 0.0473. The Labute approximate surface area is 134 Å². The van der Waals surface area contributed by atoms with Gasteiger partial charge in [-0.15, -0.1) is 11.8 Å². The van der Waals surface area contributed by atoms with Crippen molar-refractivity contribution in [1.29, 1.82) is 0 Å². The standard InChI is InChI=1S/C13H21N3O4S2/c1-9(2)5-11-15-13(20-16-11)7-21-6-12(17)14-10-3-4-22(18,19)8-10/h9-10H,3-8H2,1-2H3,(H,14,17)/t10-/m0/s1. The minimum Gasteiger partial charge on any atom is -0.352 e. The number of amides is 1. The molecule has 1 saturated heterocycles. The number of rotatable bonds is 7. The molecular weight excluding hydrogens is 326 g/mol. The van der Waals surface area contributed by atoms with Gasteiger partial charge >= 0.3 is 0 Å². The SMILES string of the molecule is CC(C)Cc1noc(CSCC(=O)N[C@H]2CCS(=O)(=O)C2)n1. The van der Waals surface area contributed by atoms with Crippen LogP contribution >= 0.6 is 11.8 Å². The first-order valence-electron chi connectivity index (χ1n) is 7.23. The van der Waals surface area contributed by atoms with Gasteiger partial charge in [-0.2, -0.15) is 4.98 Å². The number of hydrogen-bond acceptors (Lipinski definition) is 7. The maximum atomic E-state index is 11.8. The van der Waals surface area contributed by atoms with Crippen molar-refractivity contribution in [2.45, 2.75) is 38.5 Å². The number of aromatic nitrogens is 2. The van der Waals surface area contributed by atoms with E-state index >= 15 is 0 Å². The Hall–Kier alpha value is -1.09. The summed E-state index contributed by atoms with van der Waals surface area (Å²) >= 11 is 1.37. The number of carbonyl (C=O) groups excluding carboxylic acids is 1. The first-order chi connectivity index (χ1) is 10.3. The topological polar surface area (TPSA) is 102 Å². The average molecular weight is 347 g/mol. The number of nitrogens with zero attached hydrogens (tertiary/aromatic N) is 2. The smallest absolute Gasteiger partial charge is 0.236 e. The number of carbonyl (C=O) groups is 1. The summed E-state index contributed by atoms with van der Waals surface area (Å²) in [5.41, 5.74) is 0. The van der Waals surface area contributed by atoms with Gasteiger partial charge in [-0.25, -0.2) is 8.42 Å². The van der Waals surface area contributed by atoms with Crippen LogP contribution in [0.1, 0.15) is 32.0 Å². The quantitative estimate of drug-likeness (QED) is 0.778. The predicted octanol–water partition coefficient (Wildman–Crippen LogP) is 0.805. The van der Waals surface area contributed by atoms with Gasteiger partial charge in [0.1, 0.15) is 0 Å². The third kappa shape index (κ3) is 5.60. The molecule has 9 heteroatoms. The molecule has 1 fully saturated rings. The predicted molar refractivity (Wildman–Crippen MR) is 84.2 cm³/mol. The van der Waals surface area contributed by atoms with Crippen molar-refractivity contribution in [2.24, 2.45) is 5.92 Å². The second kappa shape index (κ2) is 7.45. The third-order valence-corrected chi connectivity index (χ3v) is 5.84. The van der Waals surface area contributed by atoms with E-state index in [1.54, 1.807) is 0 Å². The van der Waals surface area contributed by atoms with Gasteiger partial charge in [0.25, 0.3) is 0 Å². The third-order valence-electron chi connectivity index (χ3n) is 3.16. The Balaban J connectivity index is 1.68. The van der Waals surface area contributed by atoms with Gasteiger partial charge < -0.3 is 9.84 Å². The van der Waals surface area contributed by atoms with Crippen LogP contribution in [-0.4, -0.2) is 47.8 Å². The molecule has 0 aromatic carbocycles. The highest BCUT2D eigenvalue weighted by atomic mass is 32.2. The molecule has 1 aromatic rings. The zero-order chi connectivity index (χ0) is 16.2. The van der Waals surface area contributed by atoms with E-state index in [4.69, 9.17) is 4.52 Å². The molecule has 22 heavy (non-hydrogen) atoms. The van der Waals surface area contributed by atoms with Crippen LogP contribution < -0.4 is 5.32 Å². The fourth-order valence-corrected chi connectivity index (χ4v) is 4.54. The van der Waals surface area contributed by atoms with E-state index < -0.39 is 9.84 Å². The summed E-state index contributed by atoms with van der Waals surface area (Å²) in [6, 6.07) is -0.251. The van der Waals surface area contributed by atoms with Crippen molar-refractivity contribution in [3.8, 4) is 0 Å². The van der Waals surface area contributed by atoms with Gasteiger partial charge in [-0.1, -0.05) is 19.0 Å². The molecule has 1 aliphatic rings. The van der Waals surface area contributed by atoms with Crippen molar-refractivity contribution >= 4 is 27.5 Å². The summed E-state index contributed by atoms with van der Waals surface area (Å²) < 4.78 is 27.7. The normalized spacial score (nSPS) is 20.4. The lowest BCUT2D eigenvalue weighted by molar-refractivity contribution is -0.119. The lowest BCUT2D eigenvalue weighted by Crippen LogP contribution is -2.36. The summed E-state index contributed by atoms with van der Waals surface area (Å²) in [6.45, 7) is 4.16. The van der Waals surface area contributed by atoms with Gasteiger partial charge in [0.2, 0.25) is 11.8 Å². The van der Waals surface area contributed by atoms with Crippen LogP contribution in [0.25, 0.3) is 0 Å². The fraction of sp³-hybridized carbons (Fsp3) is 0.769. The van der Waals surface area contributed by atoms with E-state index in [2.05, 4.69) is 29.3 Å². The zero-order valence-corrected chi connectivity index (χ0v) is 14.4. The molecule has 2 rings (SSSR count). The van der Waals surface area contributed by atoms with Gasteiger partial charge in [-0.3, -0.25) is 4.79 Å². The Morgan fingerprint density at radius 3 is 2.91 bits per heavy atom. The van der Waals surface area contributed by atoms with Gasteiger partial charge in [0.15, 0.2) is 15.7 Å². The highest BCUT2D eigenvalue weighted by Crippen LogP contribution is 2.14. The van der Waals surface area contributed by atoms with Gasteiger partial charge in [0, 0.05) is 12.5 Å². The summed E-state index contributed by atoms with van der Waals surface area (Å²) in [7, 11) is -2.97. The molecule has 1 N–H and O–H groups in total. The highest BCUT2D eigenvalue weighted by molar-refractivity contribution is 7.99. The molecule has 0 aliphatic carbocycles. The lowest BCUT2D eigenvalue weighted by Gasteiger charge is -2.09. The molecule has 0 saturated carbocycles. The fourth-order valence-electron chi connectivity index (χ4n) is 2.21. The van der Waals surface area contributed by atoms with E-state index in [0.717, 1.165) is 6.42 Å². The van der Waals surface area contributed by atoms with Crippen molar-refractivity contribution in [1.82, 2.24) is 15.5 Å². The molecule has 0 bridgehead atoms. The summed E-state index contributed by atoms with van der Waals surface area (Å²) in [5, 5.41) is 6.63. The number of sulfone groups is 1. The highest BCUT2D eigenvalue weighted by Gasteiger charge is 2.28. The number of thioether (sulfide) groups is 1. The number of hydrogen-bond donors (Lipinski definition) is 1. The minimum atomic E-state index is -2.97. The second-order valence-corrected chi connectivity index (χ2v) is 9.08. The van der Waals surface area contributed by atoms with E-state index in [1.165, 1.54) is 11.8 Å². The molecule has 7 nitrogen and oxygen atoms in total. The van der Waals surface area contributed by atoms with Crippen LogP contribution in [0.4, 0.5) is 0 Å². The monoisotopic (exact) mass is 347 g/mol. The first kappa shape index (κ1) is 17.3. The molecule has 2 heterocycles. The lowest BCUT2D eigenvalue weighted by atomic mass is 10.1. The maximum absolute atomic E-state index is 11.8. The van der Waals surface area contributed by atoms with Crippen molar-refractivity contribution in [3.05, 3.63) is 11.7 Å². The first-order valence-corrected chi connectivity index (χ1v) is 10.2. The summed E-state index contributed by atoms with van der Waals surface area (Å²) in [6.07, 6.45) is 1.27. The largest absolute Gasteiger partial charge is 0.352 e. The molecule has 1 amide bonds. The van der Waals surface area contributed by atoms with E-state index in [9.17, 15) is 13.2 Å². The molecule has 1 atom stereocenters. The molecule has 1 aliphatic heterocycles. The van der Waals surface area contributed by atoms with E-state index in [-0.39, 0.29) is 29.2 Å². The maximum Gasteiger partial charge on any atom is 0.236 e. The molecule has 0 unspecified atom stereocenters. The van der Waals surface area contributed by atoms with Crippen LogP contribution in [0.15, 0.2) is 4.52 Å². The average Bonchev–Trinajstić information content (AvgIpc) is 2.95. The van der Waals surface area contributed by atoms with Crippen LogP contribution in [0.5, 0.6) is 0 Å². The van der Waals surface area contributed by atoms with Gasteiger partial charge in [0.05, 0.1) is 23.0 Å². The Morgan fingerprint density at radius 2 is 2.27 bits per heavy atom. The number of nitrogens with one attached hydrogen (secondary N) is 1. The Bertz CT molecular complexity index is 613. The van der Waals surface area contributed by atoms with Crippen LogP contribution in [0.3, 0.4) is 0 Å². The van der Waals surface area contributed by atoms with Crippen molar-refractivity contribution in [2.75, 3.05) is 17.3 Å². The van der Waals surface area contributed by atoms with E-state index in [1.807, 2.05) is 0 Å². The summed E-state index contributed by atoms with van der Waals surface area (Å²) in [4.78, 5) is 16.0. The molecule has 0 spiro atoms. The Kier molecular flexibility index (Phi) is 5.85. The van der Waals surface area contributed by atoms with Crippen LogP contribution in [0, 0.1) is 5.92 Å². The van der Waals surface area contributed by atoms with Crippen LogP contribution in [0.2, 0.25) is 0 Å². The zero-order valence-electron chi connectivity index (χ0n) is 12.7. The van der Waals surface area contributed by atoms with Crippen molar-refractivity contribution in [3.63, 3.8) is 0 Å². The van der Waals surface area contributed by atoms with Crippen LogP contribution in [-0.2, 0) is 26.8 Å². The Morgan fingerprint density at radius 1 is 1.50 bits per heavy atom. The molecule has 124 valence electrons. The summed E-state index contributed by atoms with van der Waals surface area (Å²) in [5.74, 6) is 2.43. The van der Waals surface area contributed by atoms with E-state index in [0.29, 0.717) is 29.8 Å². The molecule has 1 aromatic heterocycles.